The third kappa shape index (κ3) is 2.72. The Balaban J connectivity index is 1.91. The minimum atomic E-state index is 0.641. The van der Waals surface area contributed by atoms with Crippen LogP contribution in [0.3, 0.4) is 0 Å². The zero-order chi connectivity index (χ0) is 13.8. The number of pyridine rings is 1. The van der Waals surface area contributed by atoms with Gasteiger partial charge in [0.15, 0.2) is 0 Å². The summed E-state index contributed by atoms with van der Waals surface area (Å²) in [6, 6.07) is 4.19. The summed E-state index contributed by atoms with van der Waals surface area (Å²) in [7, 11) is 0. The molecule has 0 saturated carbocycles. The summed E-state index contributed by atoms with van der Waals surface area (Å²) in [5.41, 5.74) is 3.83. The van der Waals surface area contributed by atoms with Gasteiger partial charge in [-0.3, -0.25) is 4.98 Å². The molecule has 0 aromatic carbocycles. The van der Waals surface area contributed by atoms with Crippen LogP contribution in [0.15, 0.2) is 24.5 Å². The Morgan fingerprint density at radius 1 is 1.40 bits per heavy atom. The SMILES string of the molecule is CCOCCn1cc(C2CCNCC2)c2ncccc21. The van der Waals surface area contributed by atoms with Crippen molar-refractivity contribution in [3.05, 3.63) is 30.1 Å². The first-order chi connectivity index (χ1) is 9.90. The molecule has 0 amide bonds. The number of nitrogens with zero attached hydrogens (tertiary/aromatic N) is 2. The van der Waals surface area contributed by atoms with Crippen molar-refractivity contribution in [3.63, 3.8) is 0 Å². The number of piperidine rings is 1. The molecule has 4 nitrogen and oxygen atoms in total. The van der Waals surface area contributed by atoms with Crippen molar-refractivity contribution in [3.8, 4) is 0 Å². The summed E-state index contributed by atoms with van der Waals surface area (Å²) in [6.07, 6.45) is 6.62. The molecular formula is C16H23N3O. The lowest BCUT2D eigenvalue weighted by atomic mass is 9.91. The minimum Gasteiger partial charge on any atom is -0.380 e. The van der Waals surface area contributed by atoms with Crippen LogP contribution in [0, 0.1) is 0 Å². The van der Waals surface area contributed by atoms with Gasteiger partial charge in [0.25, 0.3) is 0 Å². The molecule has 1 N–H and O–H groups in total. The van der Waals surface area contributed by atoms with Gasteiger partial charge in [0.2, 0.25) is 0 Å². The number of aromatic nitrogens is 2. The Morgan fingerprint density at radius 2 is 2.25 bits per heavy atom. The molecule has 0 atom stereocenters. The van der Waals surface area contributed by atoms with E-state index in [1.54, 1.807) is 0 Å². The highest BCUT2D eigenvalue weighted by Gasteiger charge is 2.20. The van der Waals surface area contributed by atoms with E-state index < -0.39 is 0 Å². The lowest BCUT2D eigenvalue weighted by Crippen LogP contribution is -2.26. The monoisotopic (exact) mass is 273 g/mol. The number of ether oxygens (including phenoxy) is 1. The van der Waals surface area contributed by atoms with Gasteiger partial charge in [-0.2, -0.15) is 0 Å². The van der Waals surface area contributed by atoms with E-state index in [0.717, 1.165) is 32.8 Å². The smallest absolute Gasteiger partial charge is 0.0915 e. The van der Waals surface area contributed by atoms with E-state index in [4.69, 9.17) is 4.74 Å². The standard InChI is InChI=1S/C16H23N3O/c1-2-20-11-10-19-12-14(13-5-8-17-9-6-13)16-15(19)4-3-7-18-16/h3-4,7,12-13,17H,2,5-6,8-11H2,1H3. The fourth-order valence-corrected chi connectivity index (χ4v) is 3.07. The maximum absolute atomic E-state index is 5.49. The fraction of sp³-hybridized carbons (Fsp3) is 0.562. The van der Waals surface area contributed by atoms with Crippen LogP contribution in [0.1, 0.15) is 31.2 Å². The molecule has 0 bridgehead atoms. The van der Waals surface area contributed by atoms with Crippen molar-refractivity contribution in [1.29, 1.82) is 0 Å². The molecule has 0 unspecified atom stereocenters. The van der Waals surface area contributed by atoms with Gasteiger partial charge < -0.3 is 14.6 Å². The fourth-order valence-electron chi connectivity index (χ4n) is 3.07. The van der Waals surface area contributed by atoms with Crippen molar-refractivity contribution >= 4 is 11.0 Å². The lowest BCUT2D eigenvalue weighted by molar-refractivity contribution is 0.140. The molecule has 0 radical (unpaired) electrons. The molecule has 0 aliphatic carbocycles. The molecule has 4 heteroatoms. The first kappa shape index (κ1) is 13.6. The van der Waals surface area contributed by atoms with Crippen LogP contribution >= 0.6 is 0 Å². The van der Waals surface area contributed by atoms with Gasteiger partial charge >= 0.3 is 0 Å². The molecule has 0 spiro atoms. The molecule has 2 aromatic heterocycles. The van der Waals surface area contributed by atoms with Crippen molar-refractivity contribution in [1.82, 2.24) is 14.9 Å². The molecule has 1 fully saturated rings. The van der Waals surface area contributed by atoms with Crippen LogP contribution in [0.2, 0.25) is 0 Å². The van der Waals surface area contributed by atoms with E-state index >= 15 is 0 Å². The minimum absolute atomic E-state index is 0.641. The molecular weight excluding hydrogens is 250 g/mol. The molecule has 1 aliphatic heterocycles. The summed E-state index contributed by atoms with van der Waals surface area (Å²) in [6.45, 7) is 6.71. The van der Waals surface area contributed by atoms with Crippen LogP contribution in [-0.2, 0) is 11.3 Å². The Kier molecular flexibility index (Phi) is 4.33. The summed E-state index contributed by atoms with van der Waals surface area (Å²) in [5, 5.41) is 3.43. The number of rotatable bonds is 5. The van der Waals surface area contributed by atoms with E-state index in [2.05, 4.69) is 27.1 Å². The highest BCUT2D eigenvalue weighted by Crippen LogP contribution is 2.31. The Morgan fingerprint density at radius 3 is 3.05 bits per heavy atom. The summed E-state index contributed by atoms with van der Waals surface area (Å²) in [5.74, 6) is 0.641. The predicted molar refractivity (Wildman–Crippen MR) is 81.1 cm³/mol. The molecule has 20 heavy (non-hydrogen) atoms. The quantitative estimate of drug-likeness (QED) is 0.851. The third-order valence-corrected chi connectivity index (χ3v) is 4.12. The van der Waals surface area contributed by atoms with Crippen molar-refractivity contribution in [2.75, 3.05) is 26.3 Å². The second kappa shape index (κ2) is 6.37. The van der Waals surface area contributed by atoms with E-state index in [1.165, 1.54) is 29.4 Å². The van der Waals surface area contributed by atoms with Crippen molar-refractivity contribution < 1.29 is 4.74 Å². The topological polar surface area (TPSA) is 39.1 Å². The molecule has 3 heterocycles. The Labute approximate surface area is 120 Å². The number of nitrogens with one attached hydrogen (secondary N) is 1. The van der Waals surface area contributed by atoms with Crippen LogP contribution in [0.5, 0.6) is 0 Å². The average molecular weight is 273 g/mol. The van der Waals surface area contributed by atoms with Crippen LogP contribution < -0.4 is 5.32 Å². The Hall–Kier alpha value is -1.39. The third-order valence-electron chi connectivity index (χ3n) is 4.12. The zero-order valence-electron chi connectivity index (χ0n) is 12.1. The lowest BCUT2D eigenvalue weighted by Gasteiger charge is -2.21. The van der Waals surface area contributed by atoms with E-state index in [9.17, 15) is 0 Å². The Bertz CT molecular complexity index is 558. The van der Waals surface area contributed by atoms with Gasteiger partial charge in [-0.25, -0.2) is 0 Å². The predicted octanol–water partition coefficient (Wildman–Crippen LogP) is 2.54. The van der Waals surface area contributed by atoms with Gasteiger partial charge in [-0.15, -0.1) is 0 Å². The maximum atomic E-state index is 5.49. The van der Waals surface area contributed by atoms with Gasteiger partial charge in [0.1, 0.15) is 0 Å². The highest BCUT2D eigenvalue weighted by molar-refractivity contribution is 5.80. The van der Waals surface area contributed by atoms with E-state index in [0.29, 0.717) is 5.92 Å². The van der Waals surface area contributed by atoms with Crippen LogP contribution in [0.25, 0.3) is 11.0 Å². The number of hydrogen-bond donors (Lipinski definition) is 1. The summed E-state index contributed by atoms with van der Waals surface area (Å²) < 4.78 is 7.79. The molecule has 2 aromatic rings. The second-order valence-corrected chi connectivity index (χ2v) is 5.37. The number of hydrogen-bond acceptors (Lipinski definition) is 3. The highest BCUT2D eigenvalue weighted by atomic mass is 16.5. The van der Waals surface area contributed by atoms with Gasteiger partial charge in [-0.1, -0.05) is 0 Å². The second-order valence-electron chi connectivity index (χ2n) is 5.37. The summed E-state index contributed by atoms with van der Waals surface area (Å²) in [4.78, 5) is 4.62. The maximum Gasteiger partial charge on any atom is 0.0915 e. The van der Waals surface area contributed by atoms with E-state index in [1.807, 2.05) is 19.2 Å². The summed E-state index contributed by atoms with van der Waals surface area (Å²) >= 11 is 0. The van der Waals surface area contributed by atoms with Gasteiger partial charge in [0.05, 0.1) is 17.6 Å². The zero-order valence-corrected chi connectivity index (χ0v) is 12.1. The van der Waals surface area contributed by atoms with Crippen LogP contribution in [-0.4, -0.2) is 35.9 Å². The molecule has 108 valence electrons. The van der Waals surface area contributed by atoms with E-state index in [-0.39, 0.29) is 0 Å². The first-order valence-corrected chi connectivity index (χ1v) is 7.62. The number of fused-ring (bicyclic) bond motifs is 1. The largest absolute Gasteiger partial charge is 0.380 e. The molecule has 3 rings (SSSR count). The molecule has 1 saturated heterocycles. The first-order valence-electron chi connectivity index (χ1n) is 7.62. The normalized spacial score (nSPS) is 16.9. The van der Waals surface area contributed by atoms with Gasteiger partial charge in [-0.05, 0) is 56.5 Å². The van der Waals surface area contributed by atoms with Crippen LogP contribution in [0.4, 0.5) is 0 Å². The average Bonchev–Trinajstić information content (AvgIpc) is 2.88. The van der Waals surface area contributed by atoms with Crippen molar-refractivity contribution in [2.24, 2.45) is 0 Å². The van der Waals surface area contributed by atoms with Crippen molar-refractivity contribution in [2.45, 2.75) is 32.2 Å². The van der Waals surface area contributed by atoms with Gasteiger partial charge in [0, 0.05) is 25.5 Å². The molecule has 1 aliphatic rings.